The Balaban J connectivity index is 1.89. The maximum Gasteiger partial charge on any atom is 0.264 e. The summed E-state index contributed by atoms with van der Waals surface area (Å²) >= 11 is 0. The standard InChI is InChI=1S/C7H12O3S/c1-11(8,9)10-7-3-5-2-6(5)4-7/h5-7H,2-4H2,1H3/t5-,6?,7?/m1/s1. The van der Waals surface area contributed by atoms with Gasteiger partial charge in [0.1, 0.15) is 0 Å². The van der Waals surface area contributed by atoms with Gasteiger partial charge >= 0.3 is 0 Å². The predicted molar refractivity (Wildman–Crippen MR) is 40.5 cm³/mol. The zero-order chi connectivity index (χ0) is 8.06. The summed E-state index contributed by atoms with van der Waals surface area (Å²) in [5.41, 5.74) is 0. The summed E-state index contributed by atoms with van der Waals surface area (Å²) in [4.78, 5) is 0. The summed E-state index contributed by atoms with van der Waals surface area (Å²) in [6.07, 6.45) is 4.32. The second kappa shape index (κ2) is 2.20. The van der Waals surface area contributed by atoms with Gasteiger partial charge in [-0.1, -0.05) is 0 Å². The number of hydrogen-bond donors (Lipinski definition) is 0. The third-order valence-corrected chi connectivity index (χ3v) is 3.13. The summed E-state index contributed by atoms with van der Waals surface area (Å²) in [6.45, 7) is 0. The number of rotatable bonds is 2. The van der Waals surface area contributed by atoms with Crippen LogP contribution in [-0.4, -0.2) is 20.8 Å². The Morgan fingerprint density at radius 1 is 1.18 bits per heavy atom. The second-order valence-electron chi connectivity index (χ2n) is 3.65. The zero-order valence-corrected chi connectivity index (χ0v) is 7.30. The Hall–Kier alpha value is -0.0900. The maximum absolute atomic E-state index is 10.7. The Morgan fingerprint density at radius 3 is 2.18 bits per heavy atom. The van der Waals surface area contributed by atoms with Gasteiger partial charge in [0.2, 0.25) is 0 Å². The zero-order valence-electron chi connectivity index (χ0n) is 6.49. The summed E-state index contributed by atoms with van der Waals surface area (Å²) < 4.78 is 26.2. The van der Waals surface area contributed by atoms with Crippen molar-refractivity contribution >= 4 is 10.1 Å². The van der Waals surface area contributed by atoms with Gasteiger partial charge in [0.25, 0.3) is 10.1 Å². The van der Waals surface area contributed by atoms with Crippen molar-refractivity contribution < 1.29 is 12.6 Å². The molecule has 0 saturated heterocycles. The van der Waals surface area contributed by atoms with Crippen molar-refractivity contribution in [3.8, 4) is 0 Å². The molecule has 3 nitrogen and oxygen atoms in total. The maximum atomic E-state index is 10.7. The molecule has 2 aliphatic rings. The Labute approximate surface area is 66.9 Å². The van der Waals surface area contributed by atoms with Gasteiger partial charge < -0.3 is 0 Å². The van der Waals surface area contributed by atoms with E-state index in [-0.39, 0.29) is 6.10 Å². The highest BCUT2D eigenvalue weighted by Crippen LogP contribution is 2.52. The number of hydrogen-bond acceptors (Lipinski definition) is 3. The van der Waals surface area contributed by atoms with Crippen LogP contribution >= 0.6 is 0 Å². The molecule has 0 spiro atoms. The van der Waals surface area contributed by atoms with Crippen LogP contribution < -0.4 is 0 Å². The van der Waals surface area contributed by atoms with E-state index in [1.165, 1.54) is 6.42 Å². The van der Waals surface area contributed by atoms with Gasteiger partial charge in [0.15, 0.2) is 0 Å². The molecule has 2 fully saturated rings. The van der Waals surface area contributed by atoms with Crippen LogP contribution in [0.4, 0.5) is 0 Å². The highest BCUT2D eigenvalue weighted by atomic mass is 32.2. The van der Waals surface area contributed by atoms with Crippen LogP contribution in [0.25, 0.3) is 0 Å². The molecular formula is C7H12O3S. The van der Waals surface area contributed by atoms with Gasteiger partial charge in [-0.25, -0.2) is 0 Å². The average Bonchev–Trinajstić information content (AvgIpc) is 2.36. The number of fused-ring (bicyclic) bond motifs is 1. The van der Waals surface area contributed by atoms with Crippen molar-refractivity contribution in [3.63, 3.8) is 0 Å². The minimum absolute atomic E-state index is 0.00579. The summed E-state index contributed by atoms with van der Waals surface area (Å²) in [7, 11) is -3.21. The fourth-order valence-electron chi connectivity index (χ4n) is 1.98. The molecule has 0 aromatic heterocycles. The van der Waals surface area contributed by atoms with Crippen LogP contribution in [0.2, 0.25) is 0 Å². The molecule has 2 unspecified atom stereocenters. The fraction of sp³-hybridized carbons (Fsp3) is 1.00. The fourth-order valence-corrected chi connectivity index (χ4v) is 2.64. The van der Waals surface area contributed by atoms with Crippen LogP contribution in [0.1, 0.15) is 19.3 Å². The molecule has 0 amide bonds. The first-order valence-corrected chi connectivity index (χ1v) is 5.74. The van der Waals surface area contributed by atoms with Crippen molar-refractivity contribution in [2.24, 2.45) is 11.8 Å². The van der Waals surface area contributed by atoms with E-state index in [9.17, 15) is 8.42 Å². The van der Waals surface area contributed by atoms with E-state index < -0.39 is 10.1 Å². The third-order valence-electron chi connectivity index (χ3n) is 2.51. The molecule has 2 aliphatic carbocycles. The lowest BCUT2D eigenvalue weighted by atomic mass is 10.2. The van der Waals surface area contributed by atoms with Gasteiger partial charge in [0.05, 0.1) is 12.4 Å². The Kier molecular flexibility index (Phi) is 1.51. The topological polar surface area (TPSA) is 43.4 Å². The van der Waals surface area contributed by atoms with Crippen LogP contribution in [0.5, 0.6) is 0 Å². The molecule has 0 heterocycles. The highest BCUT2D eigenvalue weighted by Gasteiger charge is 2.47. The molecule has 0 radical (unpaired) electrons. The Morgan fingerprint density at radius 2 is 1.73 bits per heavy atom. The van der Waals surface area contributed by atoms with E-state index in [0.717, 1.165) is 30.9 Å². The van der Waals surface area contributed by atoms with Crippen LogP contribution in [0.15, 0.2) is 0 Å². The molecule has 2 rings (SSSR count). The van der Waals surface area contributed by atoms with Gasteiger partial charge in [-0.2, -0.15) is 8.42 Å². The normalized spacial score (nSPS) is 42.1. The van der Waals surface area contributed by atoms with Gasteiger partial charge in [-0.15, -0.1) is 0 Å². The lowest BCUT2D eigenvalue weighted by Crippen LogP contribution is -2.15. The molecule has 0 N–H and O–H groups in total. The monoisotopic (exact) mass is 176 g/mol. The minimum Gasteiger partial charge on any atom is -0.267 e. The van der Waals surface area contributed by atoms with Crippen LogP contribution in [0, 0.1) is 11.8 Å². The minimum atomic E-state index is -3.21. The molecule has 4 heteroatoms. The van der Waals surface area contributed by atoms with E-state index in [2.05, 4.69) is 0 Å². The van der Waals surface area contributed by atoms with Crippen molar-refractivity contribution in [1.82, 2.24) is 0 Å². The summed E-state index contributed by atoms with van der Waals surface area (Å²) in [5, 5.41) is 0. The first-order chi connectivity index (χ1) is 5.04. The highest BCUT2D eigenvalue weighted by molar-refractivity contribution is 7.86. The lowest BCUT2D eigenvalue weighted by molar-refractivity contribution is 0.204. The largest absolute Gasteiger partial charge is 0.267 e. The van der Waals surface area contributed by atoms with Crippen molar-refractivity contribution in [2.75, 3.05) is 6.26 Å². The molecule has 0 aromatic carbocycles. The van der Waals surface area contributed by atoms with Crippen molar-refractivity contribution in [1.29, 1.82) is 0 Å². The molecule has 3 atom stereocenters. The quantitative estimate of drug-likeness (QED) is 0.583. The smallest absolute Gasteiger partial charge is 0.264 e. The third kappa shape index (κ3) is 1.73. The molecule has 11 heavy (non-hydrogen) atoms. The molecule has 0 bridgehead atoms. The first kappa shape index (κ1) is 7.55. The molecule has 0 aromatic rings. The summed E-state index contributed by atoms with van der Waals surface area (Å²) in [6, 6.07) is 0. The molecule has 2 saturated carbocycles. The molecule has 64 valence electrons. The molecule has 0 aliphatic heterocycles. The van der Waals surface area contributed by atoms with E-state index in [1.807, 2.05) is 0 Å². The summed E-state index contributed by atoms with van der Waals surface area (Å²) in [5.74, 6) is 1.56. The van der Waals surface area contributed by atoms with Crippen LogP contribution in [0.3, 0.4) is 0 Å². The predicted octanol–water partition coefficient (Wildman–Crippen LogP) is 0.761. The second-order valence-corrected chi connectivity index (χ2v) is 5.25. The van der Waals surface area contributed by atoms with E-state index in [0.29, 0.717) is 0 Å². The first-order valence-electron chi connectivity index (χ1n) is 3.93. The van der Waals surface area contributed by atoms with Gasteiger partial charge in [-0.3, -0.25) is 4.18 Å². The average molecular weight is 176 g/mol. The Bertz CT molecular complexity index is 247. The molecular weight excluding hydrogens is 164 g/mol. The van der Waals surface area contributed by atoms with E-state index in [4.69, 9.17) is 4.18 Å². The van der Waals surface area contributed by atoms with Crippen molar-refractivity contribution in [2.45, 2.75) is 25.4 Å². The van der Waals surface area contributed by atoms with Gasteiger partial charge in [0, 0.05) is 0 Å². The SMILES string of the molecule is CS(=O)(=O)OC1CC2C[C@@H]2C1. The van der Waals surface area contributed by atoms with E-state index >= 15 is 0 Å². The lowest BCUT2D eigenvalue weighted by Gasteiger charge is -2.09. The van der Waals surface area contributed by atoms with E-state index in [1.54, 1.807) is 0 Å². The van der Waals surface area contributed by atoms with Gasteiger partial charge in [-0.05, 0) is 31.1 Å². The van der Waals surface area contributed by atoms with Crippen molar-refractivity contribution in [3.05, 3.63) is 0 Å². The van der Waals surface area contributed by atoms with Crippen LogP contribution in [-0.2, 0) is 14.3 Å².